The van der Waals surface area contributed by atoms with Crippen LogP contribution < -0.4 is 5.32 Å². The lowest BCUT2D eigenvalue weighted by Crippen LogP contribution is -2.44. The van der Waals surface area contributed by atoms with Gasteiger partial charge < -0.3 is 10.4 Å². The Labute approximate surface area is 104 Å². The first-order chi connectivity index (χ1) is 8.19. The number of nitrogens with one attached hydrogen (secondary N) is 1. The Hall–Kier alpha value is -0.610. The molecular weight excluding hydrogens is 216 g/mol. The topological polar surface area (TPSA) is 52.6 Å². The van der Waals surface area contributed by atoms with Crippen molar-refractivity contribution in [2.24, 2.45) is 5.92 Å². The zero-order valence-electron chi connectivity index (χ0n) is 11.1. The van der Waals surface area contributed by atoms with Crippen LogP contribution in [0.2, 0.25) is 0 Å². The number of unbranched alkanes of at least 4 members (excludes halogenated alkanes) is 2. The summed E-state index contributed by atoms with van der Waals surface area (Å²) in [7, 11) is 0. The molecule has 0 saturated carbocycles. The smallest absolute Gasteiger partial charge is 0.237 e. The van der Waals surface area contributed by atoms with Gasteiger partial charge in [0.1, 0.15) is 0 Å². The lowest BCUT2D eigenvalue weighted by atomic mass is 10.1. The molecule has 1 aliphatic heterocycles. The van der Waals surface area contributed by atoms with E-state index >= 15 is 0 Å². The molecule has 0 bridgehead atoms. The summed E-state index contributed by atoms with van der Waals surface area (Å²) in [5.74, 6) is 0.477. The van der Waals surface area contributed by atoms with Crippen LogP contribution in [0.5, 0.6) is 0 Å². The fourth-order valence-electron chi connectivity index (χ4n) is 2.26. The molecule has 0 aliphatic carbocycles. The van der Waals surface area contributed by atoms with E-state index in [1.165, 1.54) is 12.8 Å². The molecule has 0 spiro atoms. The Kier molecular flexibility index (Phi) is 6.52. The van der Waals surface area contributed by atoms with Crippen molar-refractivity contribution in [1.82, 2.24) is 10.2 Å². The van der Waals surface area contributed by atoms with Gasteiger partial charge in [-0.15, -0.1) is 0 Å². The van der Waals surface area contributed by atoms with Crippen LogP contribution in [0.1, 0.15) is 39.5 Å². The second-order valence-corrected chi connectivity index (χ2v) is 5.01. The van der Waals surface area contributed by atoms with Gasteiger partial charge in [-0.05, 0) is 32.2 Å². The standard InChI is InChI=1S/C13H26N2O2/c1-3-4-5-7-14-13(17)11(2)15-8-6-12(9-15)10-16/h11-12,16H,3-10H2,1-2H3,(H,14,17). The summed E-state index contributed by atoms with van der Waals surface area (Å²) >= 11 is 0. The van der Waals surface area contributed by atoms with Crippen LogP contribution >= 0.6 is 0 Å². The second-order valence-electron chi connectivity index (χ2n) is 5.01. The van der Waals surface area contributed by atoms with Crippen LogP contribution in [0.4, 0.5) is 0 Å². The number of likely N-dealkylation sites (tertiary alicyclic amines) is 1. The van der Waals surface area contributed by atoms with E-state index in [0.29, 0.717) is 5.92 Å². The molecule has 1 heterocycles. The van der Waals surface area contributed by atoms with Crippen LogP contribution in [0, 0.1) is 5.92 Å². The normalized spacial score (nSPS) is 22.6. The maximum atomic E-state index is 11.9. The average molecular weight is 242 g/mol. The Balaban J connectivity index is 2.22. The first kappa shape index (κ1) is 14.5. The first-order valence-corrected chi connectivity index (χ1v) is 6.81. The van der Waals surface area contributed by atoms with Gasteiger partial charge in [-0.25, -0.2) is 0 Å². The van der Waals surface area contributed by atoms with Crippen molar-refractivity contribution in [3.63, 3.8) is 0 Å². The molecule has 0 aromatic carbocycles. The van der Waals surface area contributed by atoms with Gasteiger partial charge in [0.2, 0.25) is 5.91 Å². The van der Waals surface area contributed by atoms with Gasteiger partial charge in [-0.3, -0.25) is 9.69 Å². The number of aliphatic hydroxyl groups is 1. The fraction of sp³-hybridized carbons (Fsp3) is 0.923. The highest BCUT2D eigenvalue weighted by molar-refractivity contribution is 5.81. The zero-order chi connectivity index (χ0) is 12.7. The number of amides is 1. The summed E-state index contributed by atoms with van der Waals surface area (Å²) in [6.45, 7) is 6.91. The molecule has 1 fully saturated rings. The molecule has 100 valence electrons. The van der Waals surface area contributed by atoms with Gasteiger partial charge >= 0.3 is 0 Å². The number of carbonyl (C=O) groups is 1. The minimum atomic E-state index is -0.0619. The molecule has 0 aromatic heterocycles. The SMILES string of the molecule is CCCCCNC(=O)C(C)N1CCC(CO)C1. The maximum Gasteiger partial charge on any atom is 0.237 e. The number of aliphatic hydroxyl groups excluding tert-OH is 1. The van der Waals surface area contributed by atoms with Crippen molar-refractivity contribution in [2.45, 2.75) is 45.6 Å². The molecule has 2 N–H and O–H groups in total. The van der Waals surface area contributed by atoms with Gasteiger partial charge in [-0.2, -0.15) is 0 Å². The van der Waals surface area contributed by atoms with Crippen molar-refractivity contribution < 1.29 is 9.90 Å². The number of rotatable bonds is 7. The van der Waals surface area contributed by atoms with Gasteiger partial charge in [-0.1, -0.05) is 19.8 Å². The summed E-state index contributed by atoms with van der Waals surface area (Å²) in [6, 6.07) is -0.0619. The van der Waals surface area contributed by atoms with E-state index in [1.54, 1.807) is 0 Å². The predicted octanol–water partition coefficient (Wildman–Crippen LogP) is 0.995. The Bertz CT molecular complexity index is 233. The molecule has 0 aromatic rings. The highest BCUT2D eigenvalue weighted by Gasteiger charge is 2.28. The molecule has 1 aliphatic rings. The van der Waals surface area contributed by atoms with Gasteiger partial charge in [0, 0.05) is 19.7 Å². The molecule has 1 saturated heterocycles. The molecule has 17 heavy (non-hydrogen) atoms. The van der Waals surface area contributed by atoms with Crippen LogP contribution in [-0.2, 0) is 4.79 Å². The summed E-state index contributed by atoms with van der Waals surface area (Å²) in [5.41, 5.74) is 0. The Morgan fingerprint density at radius 1 is 1.53 bits per heavy atom. The molecular formula is C13H26N2O2. The van der Waals surface area contributed by atoms with Crippen LogP contribution in [0.15, 0.2) is 0 Å². The highest BCUT2D eigenvalue weighted by Crippen LogP contribution is 2.17. The third-order valence-electron chi connectivity index (χ3n) is 3.58. The minimum absolute atomic E-state index is 0.0619. The number of carbonyl (C=O) groups excluding carboxylic acids is 1. The van der Waals surface area contributed by atoms with Crippen molar-refractivity contribution in [3.05, 3.63) is 0 Å². The average Bonchev–Trinajstić information content (AvgIpc) is 2.82. The maximum absolute atomic E-state index is 11.9. The van der Waals surface area contributed by atoms with Crippen molar-refractivity contribution >= 4 is 5.91 Å². The lowest BCUT2D eigenvalue weighted by Gasteiger charge is -2.23. The van der Waals surface area contributed by atoms with Crippen molar-refractivity contribution in [2.75, 3.05) is 26.2 Å². The third kappa shape index (κ3) is 4.64. The van der Waals surface area contributed by atoms with Crippen LogP contribution in [-0.4, -0.2) is 48.2 Å². The minimum Gasteiger partial charge on any atom is -0.396 e. The van der Waals surface area contributed by atoms with Crippen LogP contribution in [0.3, 0.4) is 0 Å². The lowest BCUT2D eigenvalue weighted by molar-refractivity contribution is -0.125. The van der Waals surface area contributed by atoms with E-state index in [-0.39, 0.29) is 18.6 Å². The van der Waals surface area contributed by atoms with Crippen molar-refractivity contribution in [3.8, 4) is 0 Å². The van der Waals surface area contributed by atoms with Crippen LogP contribution in [0.25, 0.3) is 0 Å². The van der Waals surface area contributed by atoms with E-state index in [2.05, 4.69) is 17.1 Å². The molecule has 2 atom stereocenters. The fourth-order valence-corrected chi connectivity index (χ4v) is 2.26. The summed E-state index contributed by atoms with van der Waals surface area (Å²) in [4.78, 5) is 14.0. The van der Waals surface area contributed by atoms with E-state index in [1.807, 2.05) is 6.92 Å². The van der Waals surface area contributed by atoms with E-state index in [0.717, 1.165) is 32.5 Å². The number of hydrogen-bond donors (Lipinski definition) is 2. The molecule has 2 unspecified atom stereocenters. The largest absolute Gasteiger partial charge is 0.396 e. The summed E-state index contributed by atoms with van der Waals surface area (Å²) in [6.07, 6.45) is 4.42. The molecule has 4 nitrogen and oxygen atoms in total. The monoisotopic (exact) mass is 242 g/mol. The Morgan fingerprint density at radius 3 is 2.88 bits per heavy atom. The van der Waals surface area contributed by atoms with E-state index < -0.39 is 0 Å². The Morgan fingerprint density at radius 2 is 2.29 bits per heavy atom. The van der Waals surface area contributed by atoms with Crippen molar-refractivity contribution in [1.29, 1.82) is 0 Å². The zero-order valence-corrected chi connectivity index (χ0v) is 11.1. The predicted molar refractivity (Wildman–Crippen MR) is 68.8 cm³/mol. The van der Waals surface area contributed by atoms with E-state index in [4.69, 9.17) is 5.11 Å². The molecule has 1 rings (SSSR count). The molecule has 1 amide bonds. The molecule has 4 heteroatoms. The first-order valence-electron chi connectivity index (χ1n) is 6.81. The molecule has 0 radical (unpaired) electrons. The number of hydrogen-bond acceptors (Lipinski definition) is 3. The van der Waals surface area contributed by atoms with E-state index in [9.17, 15) is 4.79 Å². The number of nitrogens with zero attached hydrogens (tertiary/aromatic N) is 1. The quantitative estimate of drug-likeness (QED) is 0.655. The second kappa shape index (κ2) is 7.67. The van der Waals surface area contributed by atoms with Gasteiger partial charge in [0.15, 0.2) is 0 Å². The van der Waals surface area contributed by atoms with Gasteiger partial charge in [0.05, 0.1) is 6.04 Å². The summed E-state index contributed by atoms with van der Waals surface area (Å²) < 4.78 is 0. The highest BCUT2D eigenvalue weighted by atomic mass is 16.3. The summed E-state index contributed by atoms with van der Waals surface area (Å²) in [5, 5.41) is 12.1. The third-order valence-corrected chi connectivity index (χ3v) is 3.58. The van der Waals surface area contributed by atoms with Gasteiger partial charge in [0.25, 0.3) is 0 Å².